The van der Waals surface area contributed by atoms with Crippen LogP contribution in [0.5, 0.6) is 0 Å². The molecular weight excluding hydrogens is 200 g/mol. The molecule has 2 amide bonds. The number of carbonyl (C=O) groups is 3. The molecule has 82 valence electrons. The molecule has 6 nitrogen and oxygen atoms in total. The van der Waals surface area contributed by atoms with Crippen molar-refractivity contribution in [2.75, 3.05) is 7.11 Å². The maximum atomic E-state index is 11.6. The number of ether oxygens (including phenoxy) is 1. The van der Waals surface area contributed by atoms with E-state index in [1.54, 1.807) is 6.92 Å². The highest BCUT2D eigenvalue weighted by Gasteiger charge is 2.71. The Hall–Kier alpha value is -1.43. The summed E-state index contributed by atoms with van der Waals surface area (Å²) in [5.74, 6) is -2.83. The van der Waals surface area contributed by atoms with Crippen LogP contribution in [0, 0.1) is 17.8 Å². The van der Waals surface area contributed by atoms with Crippen LogP contribution in [-0.4, -0.2) is 36.0 Å². The van der Waals surface area contributed by atoms with E-state index in [0.717, 1.165) is 4.90 Å². The zero-order valence-corrected chi connectivity index (χ0v) is 8.47. The van der Waals surface area contributed by atoms with Crippen molar-refractivity contribution in [3.8, 4) is 0 Å². The van der Waals surface area contributed by atoms with Crippen molar-refractivity contribution < 1.29 is 19.1 Å². The van der Waals surface area contributed by atoms with Gasteiger partial charge in [-0.25, -0.2) is 0 Å². The summed E-state index contributed by atoms with van der Waals surface area (Å²) in [5, 5.41) is 0. The van der Waals surface area contributed by atoms with Gasteiger partial charge in [-0.05, 0) is 6.92 Å². The van der Waals surface area contributed by atoms with Gasteiger partial charge < -0.3 is 10.5 Å². The van der Waals surface area contributed by atoms with Crippen molar-refractivity contribution in [1.82, 2.24) is 4.90 Å². The molecule has 2 N–H and O–H groups in total. The average Bonchev–Trinajstić information content (AvgIpc) is 2.84. The maximum Gasteiger partial charge on any atom is 0.310 e. The van der Waals surface area contributed by atoms with Gasteiger partial charge in [0, 0.05) is 0 Å². The average molecular weight is 212 g/mol. The van der Waals surface area contributed by atoms with Gasteiger partial charge in [0.2, 0.25) is 11.8 Å². The van der Waals surface area contributed by atoms with E-state index in [0.29, 0.717) is 0 Å². The van der Waals surface area contributed by atoms with E-state index in [-0.39, 0.29) is 11.8 Å². The lowest BCUT2D eigenvalue weighted by Gasteiger charge is -2.21. The van der Waals surface area contributed by atoms with E-state index in [9.17, 15) is 14.4 Å². The number of fused-ring (bicyclic) bond motifs is 1. The summed E-state index contributed by atoms with van der Waals surface area (Å²) in [7, 11) is 1.24. The van der Waals surface area contributed by atoms with Crippen LogP contribution in [0.1, 0.15) is 6.92 Å². The van der Waals surface area contributed by atoms with Gasteiger partial charge in [-0.3, -0.25) is 19.3 Å². The number of esters is 1. The lowest BCUT2D eigenvalue weighted by Crippen LogP contribution is -2.46. The van der Waals surface area contributed by atoms with E-state index >= 15 is 0 Å². The van der Waals surface area contributed by atoms with Gasteiger partial charge in [0.1, 0.15) is 0 Å². The largest absolute Gasteiger partial charge is 0.469 e. The number of methoxy groups -OCH3 is 1. The Morgan fingerprint density at radius 1 is 1.40 bits per heavy atom. The molecule has 6 heteroatoms. The van der Waals surface area contributed by atoms with E-state index in [4.69, 9.17) is 5.73 Å². The van der Waals surface area contributed by atoms with Crippen LogP contribution < -0.4 is 5.73 Å². The number of imide groups is 1. The third-order valence-electron chi connectivity index (χ3n) is 2.95. The molecule has 0 radical (unpaired) electrons. The highest BCUT2D eigenvalue weighted by atomic mass is 16.5. The minimum Gasteiger partial charge on any atom is -0.469 e. The van der Waals surface area contributed by atoms with Gasteiger partial charge in [0.25, 0.3) is 0 Å². The Kier molecular flexibility index (Phi) is 2.04. The van der Waals surface area contributed by atoms with Gasteiger partial charge in [-0.1, -0.05) is 0 Å². The molecule has 2 rings (SSSR count). The summed E-state index contributed by atoms with van der Waals surface area (Å²) in [4.78, 5) is 35.5. The van der Waals surface area contributed by atoms with Gasteiger partial charge >= 0.3 is 5.97 Å². The zero-order valence-electron chi connectivity index (χ0n) is 8.47. The number of hydrogen-bond donors (Lipinski definition) is 1. The van der Waals surface area contributed by atoms with Gasteiger partial charge in [-0.15, -0.1) is 0 Å². The SMILES string of the molecule is COC(=O)C1C2C(=O)N(C(C)N)C(=O)C12. The molecule has 1 saturated carbocycles. The number of carbonyl (C=O) groups excluding carboxylic acids is 3. The fourth-order valence-electron chi connectivity index (χ4n) is 2.19. The topological polar surface area (TPSA) is 89.7 Å². The van der Waals surface area contributed by atoms with E-state index in [1.165, 1.54) is 7.11 Å². The second-order valence-corrected chi connectivity index (χ2v) is 3.89. The van der Waals surface area contributed by atoms with Crippen LogP contribution in [-0.2, 0) is 19.1 Å². The van der Waals surface area contributed by atoms with Crippen molar-refractivity contribution in [3.05, 3.63) is 0 Å². The number of rotatable bonds is 2. The molecule has 0 aromatic heterocycles. The van der Waals surface area contributed by atoms with Crippen LogP contribution in [0.25, 0.3) is 0 Å². The molecule has 1 heterocycles. The molecule has 0 aromatic carbocycles. The highest BCUT2D eigenvalue weighted by Crippen LogP contribution is 2.54. The Labute approximate surface area is 86.3 Å². The first-order valence-electron chi connectivity index (χ1n) is 4.71. The molecule has 0 bridgehead atoms. The first kappa shape index (κ1) is 10.1. The van der Waals surface area contributed by atoms with Crippen molar-refractivity contribution in [2.24, 2.45) is 23.5 Å². The van der Waals surface area contributed by atoms with Crippen molar-refractivity contribution >= 4 is 17.8 Å². The minimum atomic E-state index is -0.629. The molecule has 3 unspecified atom stereocenters. The number of amides is 2. The van der Waals surface area contributed by atoms with E-state index < -0.39 is 29.9 Å². The van der Waals surface area contributed by atoms with Crippen molar-refractivity contribution in [3.63, 3.8) is 0 Å². The highest BCUT2D eigenvalue weighted by molar-refractivity contribution is 6.13. The Bertz CT molecular complexity index is 330. The van der Waals surface area contributed by atoms with Crippen molar-refractivity contribution in [2.45, 2.75) is 13.1 Å². The van der Waals surface area contributed by atoms with E-state index in [2.05, 4.69) is 4.74 Å². The van der Waals surface area contributed by atoms with Gasteiger partial charge in [0.05, 0.1) is 31.0 Å². The smallest absolute Gasteiger partial charge is 0.310 e. The van der Waals surface area contributed by atoms with Crippen LogP contribution >= 0.6 is 0 Å². The Morgan fingerprint density at radius 2 is 1.87 bits per heavy atom. The normalized spacial score (nSPS) is 35.1. The van der Waals surface area contributed by atoms with Gasteiger partial charge in [0.15, 0.2) is 0 Å². The molecule has 3 atom stereocenters. The molecule has 0 spiro atoms. The third-order valence-corrected chi connectivity index (χ3v) is 2.95. The van der Waals surface area contributed by atoms with Crippen LogP contribution in [0.3, 0.4) is 0 Å². The summed E-state index contributed by atoms with van der Waals surface area (Å²) in [6, 6.07) is 0. The predicted octanol–water partition coefficient (Wildman–Crippen LogP) is -1.30. The Balaban J connectivity index is 2.16. The second-order valence-electron chi connectivity index (χ2n) is 3.89. The van der Waals surface area contributed by atoms with Gasteiger partial charge in [-0.2, -0.15) is 0 Å². The molecule has 1 aliphatic carbocycles. The maximum absolute atomic E-state index is 11.6. The fraction of sp³-hybridized carbons (Fsp3) is 0.667. The monoisotopic (exact) mass is 212 g/mol. The third kappa shape index (κ3) is 1.18. The number of likely N-dealkylation sites (tertiary alicyclic amines) is 1. The molecule has 2 fully saturated rings. The molecule has 1 aliphatic heterocycles. The number of nitrogens with zero attached hydrogens (tertiary/aromatic N) is 1. The fourth-order valence-corrected chi connectivity index (χ4v) is 2.19. The first-order chi connectivity index (χ1) is 7.00. The standard InChI is InChI=1S/C9H12N2O4/c1-3(10)11-7(12)4-5(8(11)13)6(4)9(14)15-2/h3-6H,10H2,1-2H3. The molecule has 2 aliphatic rings. The number of hydrogen-bond acceptors (Lipinski definition) is 5. The van der Waals surface area contributed by atoms with Crippen molar-refractivity contribution in [1.29, 1.82) is 0 Å². The summed E-state index contributed by atoms with van der Waals surface area (Å²) in [5.41, 5.74) is 5.48. The Morgan fingerprint density at radius 3 is 2.20 bits per heavy atom. The molecular formula is C9H12N2O4. The molecule has 0 aromatic rings. The molecule has 1 saturated heterocycles. The first-order valence-corrected chi connectivity index (χ1v) is 4.71. The lowest BCUT2D eigenvalue weighted by molar-refractivity contribution is -0.151. The zero-order chi connectivity index (χ0) is 11.3. The molecule has 15 heavy (non-hydrogen) atoms. The minimum absolute atomic E-state index is 0.351. The number of nitrogens with two attached hydrogens (primary N) is 1. The second kappa shape index (κ2) is 3.03. The predicted molar refractivity (Wildman–Crippen MR) is 48.0 cm³/mol. The summed E-state index contributed by atoms with van der Waals surface area (Å²) in [6.07, 6.45) is -0.629. The summed E-state index contributed by atoms with van der Waals surface area (Å²) >= 11 is 0. The lowest BCUT2D eigenvalue weighted by atomic mass is 10.2. The van der Waals surface area contributed by atoms with E-state index in [1.807, 2.05) is 0 Å². The summed E-state index contributed by atoms with van der Waals surface area (Å²) in [6.45, 7) is 1.56. The number of piperidine rings is 1. The van der Waals surface area contributed by atoms with Crippen LogP contribution in [0.2, 0.25) is 0 Å². The quantitative estimate of drug-likeness (QED) is 0.453. The van der Waals surface area contributed by atoms with Crippen LogP contribution in [0.4, 0.5) is 0 Å². The van der Waals surface area contributed by atoms with Crippen LogP contribution in [0.15, 0.2) is 0 Å². The summed E-state index contributed by atoms with van der Waals surface area (Å²) < 4.78 is 4.51.